The molecule has 0 rings (SSSR count). The van der Waals surface area contributed by atoms with Crippen LogP contribution < -0.4 is 0 Å². The van der Waals surface area contributed by atoms with Crippen molar-refractivity contribution in [3.8, 4) is 0 Å². The zero-order valence-electron chi connectivity index (χ0n) is 13.2. The Hall–Kier alpha value is -1.50. The van der Waals surface area contributed by atoms with Crippen LogP contribution in [0.25, 0.3) is 0 Å². The fraction of sp³-hybridized carbons (Fsp3) is 0.769. The normalized spacial score (nSPS) is 14.9. The number of ether oxygens (including phenoxy) is 2. The Morgan fingerprint density at radius 1 is 1.00 bits per heavy atom. The number of hydrogen-bond donors (Lipinski definition) is 1. The molecule has 154 valence electrons. The van der Waals surface area contributed by atoms with Crippen LogP contribution in [0, 0.1) is 0 Å². The van der Waals surface area contributed by atoms with Gasteiger partial charge in [0.25, 0.3) is 0 Å². The summed E-state index contributed by atoms with van der Waals surface area (Å²) in [5, 5.41) is 9.13. The van der Waals surface area contributed by atoms with Crippen molar-refractivity contribution in [2.45, 2.75) is 43.4 Å². The highest BCUT2D eigenvalue weighted by Gasteiger charge is 2.81. The van der Waals surface area contributed by atoms with Gasteiger partial charge in [-0.15, -0.1) is 0 Å². The van der Waals surface area contributed by atoms with Gasteiger partial charge >= 0.3 is 29.9 Å². The van der Waals surface area contributed by atoms with Gasteiger partial charge < -0.3 is 14.6 Å². The maximum Gasteiger partial charge on any atom is 0.460 e. The van der Waals surface area contributed by atoms with Crippen LogP contribution in [0.15, 0.2) is 12.2 Å². The lowest BCUT2D eigenvalue weighted by Crippen LogP contribution is -2.61. The van der Waals surface area contributed by atoms with Crippen LogP contribution in [0.2, 0.25) is 0 Å². The molecule has 0 heterocycles. The van der Waals surface area contributed by atoms with E-state index in [-0.39, 0.29) is 5.57 Å². The molecule has 1 unspecified atom stereocenters. The summed E-state index contributed by atoms with van der Waals surface area (Å²) in [7, 11) is 0. The third-order valence-electron chi connectivity index (χ3n) is 2.82. The third-order valence-corrected chi connectivity index (χ3v) is 2.82. The quantitative estimate of drug-likeness (QED) is 0.262. The van der Waals surface area contributed by atoms with Gasteiger partial charge in [-0.25, -0.2) is 4.79 Å². The Bertz CT molecular complexity index is 502. The van der Waals surface area contributed by atoms with E-state index in [0.717, 1.165) is 0 Å². The number of carbonyl (C=O) groups is 1. The molecule has 26 heavy (non-hydrogen) atoms. The van der Waals surface area contributed by atoms with Gasteiger partial charge in [-0.05, 0) is 6.92 Å². The molecule has 0 amide bonds. The topological polar surface area (TPSA) is 55.8 Å². The fourth-order valence-electron chi connectivity index (χ4n) is 1.43. The van der Waals surface area contributed by atoms with Crippen LogP contribution in [0.1, 0.15) is 13.3 Å². The van der Waals surface area contributed by atoms with Crippen molar-refractivity contribution in [2.24, 2.45) is 0 Å². The van der Waals surface area contributed by atoms with E-state index in [4.69, 9.17) is 5.11 Å². The zero-order chi connectivity index (χ0) is 21.0. The van der Waals surface area contributed by atoms with Gasteiger partial charge in [-0.1, -0.05) is 6.58 Å². The van der Waals surface area contributed by atoms with Crippen molar-refractivity contribution in [2.75, 3.05) is 19.8 Å². The number of aliphatic hydroxyl groups excluding tert-OH is 1. The number of carbonyl (C=O) groups excluding carboxylic acids is 1. The summed E-state index contributed by atoms with van der Waals surface area (Å²) in [6.45, 7) is 2.52. The SMILES string of the molecule is C=C(C)C(=O)OCCOCC(O)CC(F)(F)C(F)(F)C(F)(F)C(F)(F)F. The fourth-order valence-corrected chi connectivity index (χ4v) is 1.43. The molecule has 0 aromatic carbocycles. The van der Waals surface area contributed by atoms with Gasteiger partial charge in [0.1, 0.15) is 6.61 Å². The number of halogens is 9. The largest absolute Gasteiger partial charge is 0.460 e. The van der Waals surface area contributed by atoms with Crippen LogP contribution in [0.4, 0.5) is 39.5 Å². The predicted molar refractivity (Wildman–Crippen MR) is 68.1 cm³/mol. The predicted octanol–water partition coefficient (Wildman–Crippen LogP) is 3.34. The minimum absolute atomic E-state index is 0.0255. The monoisotopic (exact) mass is 406 g/mol. The smallest absolute Gasteiger partial charge is 0.460 e. The van der Waals surface area contributed by atoms with Gasteiger partial charge in [0, 0.05) is 12.0 Å². The molecule has 0 aromatic rings. The van der Waals surface area contributed by atoms with Gasteiger partial charge in [0.2, 0.25) is 0 Å². The number of alkyl halides is 9. The van der Waals surface area contributed by atoms with Crippen LogP contribution in [-0.4, -0.2) is 60.9 Å². The Balaban J connectivity index is 4.65. The van der Waals surface area contributed by atoms with E-state index in [0.29, 0.717) is 0 Å². The van der Waals surface area contributed by atoms with E-state index < -0.39 is 62.3 Å². The first-order chi connectivity index (χ1) is 11.5. The molecule has 0 aliphatic carbocycles. The minimum atomic E-state index is -7.01. The number of aliphatic hydroxyl groups is 1. The molecule has 1 atom stereocenters. The molecule has 0 fully saturated rings. The second-order valence-electron chi connectivity index (χ2n) is 5.20. The molecule has 0 aliphatic rings. The molecule has 1 N–H and O–H groups in total. The Labute approximate surface area is 141 Å². The average Bonchev–Trinajstić information content (AvgIpc) is 2.44. The first kappa shape index (κ1) is 24.5. The lowest BCUT2D eigenvalue weighted by atomic mass is 9.98. The summed E-state index contributed by atoms with van der Waals surface area (Å²) >= 11 is 0. The highest BCUT2D eigenvalue weighted by Crippen LogP contribution is 2.54. The first-order valence-electron chi connectivity index (χ1n) is 6.76. The Kier molecular flexibility index (Phi) is 7.97. The summed E-state index contributed by atoms with van der Waals surface area (Å²) in [6, 6.07) is 0. The molecule has 0 saturated carbocycles. The summed E-state index contributed by atoms with van der Waals surface area (Å²) in [5.41, 5.74) is 0.0255. The lowest BCUT2D eigenvalue weighted by molar-refractivity contribution is -0.398. The highest BCUT2D eigenvalue weighted by atomic mass is 19.4. The van der Waals surface area contributed by atoms with E-state index >= 15 is 0 Å². The van der Waals surface area contributed by atoms with E-state index in [9.17, 15) is 44.3 Å². The van der Waals surface area contributed by atoms with E-state index in [2.05, 4.69) is 16.1 Å². The molecule has 13 heteroatoms. The molecule has 0 radical (unpaired) electrons. The van der Waals surface area contributed by atoms with Crippen molar-refractivity contribution in [1.82, 2.24) is 0 Å². The van der Waals surface area contributed by atoms with Crippen LogP contribution >= 0.6 is 0 Å². The molecule has 4 nitrogen and oxygen atoms in total. The molecular weight excluding hydrogens is 391 g/mol. The van der Waals surface area contributed by atoms with Crippen molar-refractivity contribution in [3.63, 3.8) is 0 Å². The first-order valence-corrected chi connectivity index (χ1v) is 6.76. The molecule has 0 spiro atoms. The summed E-state index contributed by atoms with van der Waals surface area (Å²) < 4.78 is 122. The van der Waals surface area contributed by atoms with Gasteiger partial charge in [-0.3, -0.25) is 0 Å². The number of esters is 1. The zero-order valence-corrected chi connectivity index (χ0v) is 13.2. The van der Waals surface area contributed by atoms with Crippen molar-refractivity contribution < 1.29 is 58.9 Å². The van der Waals surface area contributed by atoms with Crippen LogP contribution in [0.3, 0.4) is 0 Å². The number of rotatable bonds is 10. The second-order valence-corrected chi connectivity index (χ2v) is 5.20. The Morgan fingerprint density at radius 2 is 1.50 bits per heavy atom. The summed E-state index contributed by atoms with van der Waals surface area (Å²) in [5.74, 6) is -20.5. The van der Waals surface area contributed by atoms with Crippen LogP contribution in [0.5, 0.6) is 0 Å². The number of hydrogen-bond acceptors (Lipinski definition) is 4. The van der Waals surface area contributed by atoms with E-state index in [1.807, 2.05) is 0 Å². The van der Waals surface area contributed by atoms with Gasteiger partial charge in [0.05, 0.1) is 19.3 Å². The lowest BCUT2D eigenvalue weighted by Gasteiger charge is -2.34. The standard InChI is InChI=1S/C13H15F9O4/c1-7(2)9(24)26-4-3-25-6-8(23)5-10(14,15)11(16,17)12(18,19)13(20,21)22/h8,23H,1,3-6H2,2H3. The van der Waals surface area contributed by atoms with Crippen molar-refractivity contribution in [3.05, 3.63) is 12.2 Å². The molecule has 0 saturated heterocycles. The maximum absolute atomic E-state index is 13.2. The molecule has 0 bridgehead atoms. The Morgan fingerprint density at radius 3 is 1.92 bits per heavy atom. The maximum atomic E-state index is 13.2. The minimum Gasteiger partial charge on any atom is -0.460 e. The van der Waals surface area contributed by atoms with E-state index in [1.165, 1.54) is 6.92 Å². The van der Waals surface area contributed by atoms with Crippen molar-refractivity contribution >= 4 is 5.97 Å². The summed E-state index contributed by atoms with van der Waals surface area (Å²) in [6.07, 6.45) is -11.8. The third kappa shape index (κ3) is 5.76. The van der Waals surface area contributed by atoms with Gasteiger partial charge in [0.15, 0.2) is 0 Å². The van der Waals surface area contributed by atoms with Crippen molar-refractivity contribution in [1.29, 1.82) is 0 Å². The van der Waals surface area contributed by atoms with Crippen LogP contribution in [-0.2, 0) is 14.3 Å². The summed E-state index contributed by atoms with van der Waals surface area (Å²) in [4.78, 5) is 10.9. The molecule has 0 aliphatic heterocycles. The van der Waals surface area contributed by atoms with Gasteiger partial charge in [-0.2, -0.15) is 39.5 Å². The average molecular weight is 406 g/mol. The second kappa shape index (κ2) is 8.46. The van der Waals surface area contributed by atoms with E-state index in [1.54, 1.807) is 0 Å². The molecule has 0 aromatic heterocycles. The molecular formula is C13H15F9O4. The highest BCUT2D eigenvalue weighted by molar-refractivity contribution is 5.86.